The highest BCUT2D eigenvalue weighted by molar-refractivity contribution is 5.94. The molecule has 6 nitrogen and oxygen atoms in total. The maximum absolute atomic E-state index is 12.3. The summed E-state index contributed by atoms with van der Waals surface area (Å²) in [5.41, 5.74) is 2.33. The minimum absolute atomic E-state index is 0.112. The third kappa shape index (κ3) is 3.48. The van der Waals surface area contributed by atoms with Crippen molar-refractivity contribution in [2.24, 2.45) is 0 Å². The average Bonchev–Trinajstić information content (AvgIpc) is 3.01. The number of nitrogens with one attached hydrogen (secondary N) is 1. The molecule has 0 aliphatic heterocycles. The van der Waals surface area contributed by atoms with Crippen LogP contribution in [0, 0.1) is 6.92 Å². The van der Waals surface area contributed by atoms with Gasteiger partial charge in [-0.05, 0) is 37.6 Å². The van der Waals surface area contributed by atoms with Crippen LogP contribution in [0.5, 0.6) is 5.75 Å². The minimum atomic E-state index is -0.151. The van der Waals surface area contributed by atoms with Crippen LogP contribution in [0.25, 0.3) is 5.65 Å². The van der Waals surface area contributed by atoms with Crippen LogP contribution >= 0.6 is 0 Å². The molecule has 0 radical (unpaired) electrons. The molecule has 118 valence electrons. The number of ether oxygens (including phenoxy) is 1. The van der Waals surface area contributed by atoms with Gasteiger partial charge in [0.2, 0.25) is 0 Å². The van der Waals surface area contributed by atoms with Crippen molar-refractivity contribution in [3.63, 3.8) is 0 Å². The highest BCUT2D eigenvalue weighted by Gasteiger charge is 2.12. The molecule has 0 aliphatic rings. The van der Waals surface area contributed by atoms with Gasteiger partial charge in [0, 0.05) is 6.20 Å². The maximum atomic E-state index is 12.3. The second-order valence-electron chi connectivity index (χ2n) is 5.47. The number of rotatable bonds is 5. The van der Waals surface area contributed by atoms with E-state index in [1.807, 2.05) is 38.1 Å². The zero-order chi connectivity index (χ0) is 16.2. The summed E-state index contributed by atoms with van der Waals surface area (Å²) < 4.78 is 7.46. The smallest absolute Gasteiger partial charge is 0.253 e. The van der Waals surface area contributed by atoms with Crippen molar-refractivity contribution in [2.75, 3.05) is 6.61 Å². The Kier molecular flexibility index (Phi) is 4.23. The zero-order valence-corrected chi connectivity index (χ0v) is 13.1. The Hall–Kier alpha value is -2.89. The summed E-state index contributed by atoms with van der Waals surface area (Å²) in [5.74, 6) is 0.681. The Morgan fingerprint density at radius 2 is 2.13 bits per heavy atom. The van der Waals surface area contributed by atoms with E-state index in [4.69, 9.17) is 4.74 Å². The molecule has 0 spiro atoms. The number of hydrogen-bond donors (Lipinski definition) is 1. The summed E-state index contributed by atoms with van der Waals surface area (Å²) in [6.07, 6.45) is 3.27. The SMILES string of the molecule is Cc1ccccc1OCC(C)NC(=O)c1ccc2nncn2c1. The lowest BCUT2D eigenvalue weighted by Gasteiger charge is -2.16. The van der Waals surface area contributed by atoms with Crippen molar-refractivity contribution in [3.8, 4) is 5.75 Å². The van der Waals surface area contributed by atoms with Crippen LogP contribution in [-0.2, 0) is 0 Å². The Morgan fingerprint density at radius 3 is 2.96 bits per heavy atom. The first-order valence-corrected chi connectivity index (χ1v) is 7.42. The predicted molar refractivity (Wildman–Crippen MR) is 86.6 cm³/mol. The molecule has 23 heavy (non-hydrogen) atoms. The van der Waals surface area contributed by atoms with E-state index in [9.17, 15) is 4.79 Å². The molecule has 2 aromatic heterocycles. The van der Waals surface area contributed by atoms with Crippen molar-refractivity contribution in [1.29, 1.82) is 0 Å². The van der Waals surface area contributed by atoms with Gasteiger partial charge in [-0.3, -0.25) is 9.20 Å². The van der Waals surface area contributed by atoms with E-state index < -0.39 is 0 Å². The van der Waals surface area contributed by atoms with Gasteiger partial charge >= 0.3 is 0 Å². The first-order valence-electron chi connectivity index (χ1n) is 7.42. The lowest BCUT2D eigenvalue weighted by atomic mass is 10.2. The molecule has 3 rings (SSSR count). The molecular weight excluding hydrogens is 292 g/mol. The largest absolute Gasteiger partial charge is 0.491 e. The van der Waals surface area contributed by atoms with E-state index >= 15 is 0 Å². The van der Waals surface area contributed by atoms with Gasteiger partial charge in [-0.1, -0.05) is 18.2 Å². The minimum Gasteiger partial charge on any atom is -0.491 e. The molecule has 1 atom stereocenters. The van der Waals surface area contributed by atoms with Crippen LogP contribution in [0.1, 0.15) is 22.8 Å². The van der Waals surface area contributed by atoms with Crippen molar-refractivity contribution in [1.82, 2.24) is 19.9 Å². The summed E-state index contributed by atoms with van der Waals surface area (Å²) in [6, 6.07) is 11.2. The van der Waals surface area contributed by atoms with E-state index in [1.165, 1.54) is 0 Å². The Labute approximate surface area is 134 Å². The van der Waals surface area contributed by atoms with Gasteiger partial charge in [0.15, 0.2) is 5.65 Å². The summed E-state index contributed by atoms with van der Waals surface area (Å²) in [5, 5.41) is 10.6. The van der Waals surface area contributed by atoms with Gasteiger partial charge in [-0.25, -0.2) is 0 Å². The number of nitrogens with zero attached hydrogens (tertiary/aromatic N) is 3. The fourth-order valence-corrected chi connectivity index (χ4v) is 2.24. The quantitative estimate of drug-likeness (QED) is 0.784. The lowest BCUT2D eigenvalue weighted by Crippen LogP contribution is -2.36. The topological polar surface area (TPSA) is 68.5 Å². The van der Waals surface area contributed by atoms with Gasteiger partial charge in [-0.2, -0.15) is 0 Å². The number of carbonyl (C=O) groups excluding carboxylic acids is 1. The Bertz CT molecular complexity index is 828. The number of pyridine rings is 1. The third-order valence-corrected chi connectivity index (χ3v) is 3.51. The number of benzene rings is 1. The van der Waals surface area contributed by atoms with Crippen LogP contribution < -0.4 is 10.1 Å². The summed E-state index contributed by atoms with van der Waals surface area (Å²) in [6.45, 7) is 4.31. The van der Waals surface area contributed by atoms with Crippen LogP contribution in [0.3, 0.4) is 0 Å². The maximum Gasteiger partial charge on any atom is 0.253 e. The molecule has 1 unspecified atom stereocenters. The van der Waals surface area contributed by atoms with Crippen molar-refractivity contribution < 1.29 is 9.53 Å². The summed E-state index contributed by atoms with van der Waals surface area (Å²) in [7, 11) is 0. The van der Waals surface area contributed by atoms with Gasteiger partial charge in [0.25, 0.3) is 5.91 Å². The number of aromatic nitrogens is 3. The highest BCUT2D eigenvalue weighted by Crippen LogP contribution is 2.16. The molecular formula is C17H18N4O2. The van der Waals surface area contributed by atoms with Gasteiger partial charge in [-0.15, -0.1) is 10.2 Å². The normalized spacial score (nSPS) is 12.1. The number of hydrogen-bond acceptors (Lipinski definition) is 4. The van der Waals surface area contributed by atoms with Crippen LogP contribution in [0.4, 0.5) is 0 Å². The van der Waals surface area contributed by atoms with Gasteiger partial charge in [0.05, 0.1) is 11.6 Å². The van der Waals surface area contributed by atoms with E-state index in [-0.39, 0.29) is 11.9 Å². The standard InChI is InChI=1S/C17H18N4O2/c1-12-5-3-4-6-15(12)23-10-13(2)19-17(22)14-7-8-16-20-18-11-21(16)9-14/h3-9,11,13H,10H2,1-2H3,(H,19,22). The number of carbonyl (C=O) groups is 1. The second kappa shape index (κ2) is 6.48. The first-order chi connectivity index (χ1) is 11.1. The molecule has 0 saturated heterocycles. The molecule has 0 fully saturated rings. The van der Waals surface area contributed by atoms with E-state index in [0.717, 1.165) is 11.3 Å². The third-order valence-electron chi connectivity index (χ3n) is 3.51. The van der Waals surface area contributed by atoms with Gasteiger partial charge < -0.3 is 10.1 Å². The first kappa shape index (κ1) is 15.0. The van der Waals surface area contributed by atoms with E-state index in [0.29, 0.717) is 17.8 Å². The van der Waals surface area contributed by atoms with Crippen molar-refractivity contribution >= 4 is 11.6 Å². The number of aryl methyl sites for hydroxylation is 1. The number of fused-ring (bicyclic) bond motifs is 1. The molecule has 2 heterocycles. The molecule has 1 aromatic carbocycles. The monoisotopic (exact) mass is 310 g/mol. The fourth-order valence-electron chi connectivity index (χ4n) is 2.24. The molecule has 6 heteroatoms. The zero-order valence-electron chi connectivity index (χ0n) is 13.1. The van der Waals surface area contributed by atoms with Crippen molar-refractivity contribution in [2.45, 2.75) is 19.9 Å². The molecule has 1 amide bonds. The number of amides is 1. The van der Waals surface area contributed by atoms with Crippen LogP contribution in [0.2, 0.25) is 0 Å². The molecule has 1 N–H and O–H groups in total. The average molecular weight is 310 g/mol. The molecule has 0 saturated carbocycles. The van der Waals surface area contributed by atoms with Gasteiger partial charge in [0.1, 0.15) is 18.7 Å². The Morgan fingerprint density at radius 1 is 1.30 bits per heavy atom. The summed E-state index contributed by atoms with van der Waals surface area (Å²) >= 11 is 0. The second-order valence-corrected chi connectivity index (χ2v) is 5.47. The summed E-state index contributed by atoms with van der Waals surface area (Å²) in [4.78, 5) is 12.3. The Balaban J connectivity index is 1.59. The van der Waals surface area contributed by atoms with Crippen LogP contribution in [0.15, 0.2) is 48.9 Å². The lowest BCUT2D eigenvalue weighted by molar-refractivity contribution is 0.0926. The van der Waals surface area contributed by atoms with E-state index in [1.54, 1.807) is 29.1 Å². The fraction of sp³-hybridized carbons (Fsp3) is 0.235. The predicted octanol–water partition coefficient (Wildman–Crippen LogP) is 2.24. The van der Waals surface area contributed by atoms with Crippen LogP contribution in [-0.4, -0.2) is 33.2 Å². The molecule has 3 aromatic rings. The molecule has 0 aliphatic carbocycles. The van der Waals surface area contributed by atoms with E-state index in [2.05, 4.69) is 15.5 Å². The highest BCUT2D eigenvalue weighted by atomic mass is 16.5. The number of para-hydroxylation sites is 1. The van der Waals surface area contributed by atoms with Crippen molar-refractivity contribution in [3.05, 3.63) is 60.0 Å². The molecule has 0 bridgehead atoms.